The number of ether oxygens (including phenoxy) is 2. The molecule has 1 aliphatic carbocycles. The van der Waals surface area contributed by atoms with Gasteiger partial charge in [0.25, 0.3) is 5.56 Å². The van der Waals surface area contributed by atoms with Crippen molar-refractivity contribution < 1.29 is 9.47 Å². The molecular formula is C18H15N3O3S. The quantitative estimate of drug-likeness (QED) is 0.722. The van der Waals surface area contributed by atoms with Crippen molar-refractivity contribution >= 4 is 37.3 Å². The highest BCUT2D eigenvalue weighted by Crippen LogP contribution is 2.35. The fourth-order valence-electron chi connectivity index (χ4n) is 2.86. The highest BCUT2D eigenvalue weighted by atomic mass is 32.1. The largest absolute Gasteiger partial charge is 0.497 e. The fourth-order valence-corrected chi connectivity index (χ4v) is 3.92. The van der Waals surface area contributed by atoms with Gasteiger partial charge in [-0.3, -0.25) is 9.36 Å². The first-order valence-corrected chi connectivity index (χ1v) is 8.49. The zero-order valence-corrected chi connectivity index (χ0v) is 14.5. The minimum atomic E-state index is -0.0727. The van der Waals surface area contributed by atoms with Crippen molar-refractivity contribution in [1.29, 1.82) is 0 Å². The van der Waals surface area contributed by atoms with Crippen LogP contribution >= 0.6 is 11.3 Å². The molecule has 6 nitrogen and oxygen atoms in total. The number of methoxy groups -OCH3 is 2. The standard InChI is InChI=1S/C18H15N3O3S/c1-23-12-5-3-4-11(6-7-12)21-9-8-13-14-16(24-2)19-10-20-17(14)25-15(13)18(21)22/h3,5-10H,4H2,1-2H3. The topological polar surface area (TPSA) is 66.2 Å². The molecule has 3 aromatic rings. The van der Waals surface area contributed by atoms with Crippen LogP contribution in [0.1, 0.15) is 6.42 Å². The zero-order chi connectivity index (χ0) is 17.4. The van der Waals surface area contributed by atoms with Gasteiger partial charge >= 0.3 is 0 Å². The lowest BCUT2D eigenvalue weighted by Crippen LogP contribution is -2.17. The molecule has 0 saturated heterocycles. The Morgan fingerprint density at radius 1 is 1.20 bits per heavy atom. The molecular weight excluding hydrogens is 338 g/mol. The molecule has 3 aromatic heterocycles. The predicted octanol–water partition coefficient (Wildman–Crippen LogP) is 3.35. The number of hydrogen-bond acceptors (Lipinski definition) is 6. The van der Waals surface area contributed by atoms with Crippen LogP contribution < -0.4 is 10.3 Å². The van der Waals surface area contributed by atoms with Crippen LogP contribution in [0.5, 0.6) is 5.88 Å². The molecule has 126 valence electrons. The van der Waals surface area contributed by atoms with Crippen LogP contribution in [0.25, 0.3) is 26.0 Å². The van der Waals surface area contributed by atoms with E-state index in [-0.39, 0.29) is 5.56 Å². The number of nitrogens with zero attached hydrogens (tertiary/aromatic N) is 3. The van der Waals surface area contributed by atoms with Crippen molar-refractivity contribution in [3.8, 4) is 5.88 Å². The molecule has 25 heavy (non-hydrogen) atoms. The van der Waals surface area contributed by atoms with Gasteiger partial charge in [-0.05, 0) is 24.3 Å². The van der Waals surface area contributed by atoms with Gasteiger partial charge in [0.2, 0.25) is 5.88 Å². The van der Waals surface area contributed by atoms with Gasteiger partial charge in [-0.1, -0.05) is 6.08 Å². The second kappa shape index (κ2) is 6.18. The van der Waals surface area contributed by atoms with Gasteiger partial charge in [0.15, 0.2) is 0 Å². The van der Waals surface area contributed by atoms with E-state index in [2.05, 4.69) is 9.97 Å². The molecule has 0 atom stereocenters. The zero-order valence-electron chi connectivity index (χ0n) is 13.7. The Morgan fingerprint density at radius 2 is 2.08 bits per heavy atom. The minimum Gasteiger partial charge on any atom is -0.497 e. The molecule has 0 aliphatic heterocycles. The number of pyridine rings is 1. The van der Waals surface area contributed by atoms with Crippen LogP contribution in [-0.4, -0.2) is 28.8 Å². The highest BCUT2D eigenvalue weighted by Gasteiger charge is 2.16. The maximum absolute atomic E-state index is 13.0. The molecule has 0 saturated carbocycles. The molecule has 7 heteroatoms. The molecule has 3 heterocycles. The molecule has 1 aliphatic rings. The summed E-state index contributed by atoms with van der Waals surface area (Å²) < 4.78 is 12.9. The van der Waals surface area contributed by atoms with Crippen molar-refractivity contribution in [3.05, 3.63) is 59.0 Å². The molecule has 0 spiro atoms. The maximum atomic E-state index is 13.0. The Hall–Kier alpha value is -2.93. The van der Waals surface area contributed by atoms with Crippen molar-refractivity contribution in [1.82, 2.24) is 14.5 Å². The lowest BCUT2D eigenvalue weighted by molar-refractivity contribution is 0.307. The van der Waals surface area contributed by atoms with Crippen LogP contribution in [0, 0.1) is 0 Å². The molecule has 0 amide bonds. The second-order valence-electron chi connectivity index (χ2n) is 5.44. The first kappa shape index (κ1) is 15.6. The van der Waals surface area contributed by atoms with E-state index in [1.165, 1.54) is 17.7 Å². The molecule has 4 rings (SSSR count). The van der Waals surface area contributed by atoms with Crippen LogP contribution in [0.4, 0.5) is 0 Å². The smallest absolute Gasteiger partial charge is 0.272 e. The third-order valence-corrected chi connectivity index (χ3v) is 5.18. The summed E-state index contributed by atoms with van der Waals surface area (Å²) in [5.74, 6) is 1.24. The fraction of sp³-hybridized carbons (Fsp3) is 0.167. The Bertz CT molecular complexity index is 1120. The first-order valence-electron chi connectivity index (χ1n) is 7.67. The number of rotatable bonds is 3. The molecule has 0 radical (unpaired) electrons. The van der Waals surface area contributed by atoms with Crippen molar-refractivity contribution in [2.24, 2.45) is 0 Å². The number of aromatic nitrogens is 3. The van der Waals surface area contributed by atoms with Crippen LogP contribution in [0.2, 0.25) is 0 Å². The van der Waals surface area contributed by atoms with E-state index >= 15 is 0 Å². The van der Waals surface area contributed by atoms with E-state index in [9.17, 15) is 4.79 Å². The molecule has 0 N–H and O–H groups in total. The third kappa shape index (κ3) is 2.53. The Kier molecular flexibility index (Phi) is 3.85. The summed E-state index contributed by atoms with van der Waals surface area (Å²) in [4.78, 5) is 22.2. The van der Waals surface area contributed by atoms with Gasteiger partial charge in [-0.2, -0.15) is 0 Å². The monoisotopic (exact) mass is 353 g/mol. The van der Waals surface area contributed by atoms with Crippen molar-refractivity contribution in [2.45, 2.75) is 6.42 Å². The van der Waals surface area contributed by atoms with E-state index < -0.39 is 0 Å². The molecule has 0 unspecified atom stereocenters. The number of hydrogen-bond donors (Lipinski definition) is 0. The average molecular weight is 353 g/mol. The lowest BCUT2D eigenvalue weighted by Gasteiger charge is -2.08. The van der Waals surface area contributed by atoms with E-state index in [1.54, 1.807) is 25.0 Å². The van der Waals surface area contributed by atoms with Gasteiger partial charge in [-0.25, -0.2) is 9.97 Å². The van der Waals surface area contributed by atoms with Gasteiger partial charge in [-0.15, -0.1) is 11.3 Å². The van der Waals surface area contributed by atoms with Crippen molar-refractivity contribution in [2.75, 3.05) is 14.2 Å². The number of fused-ring (bicyclic) bond motifs is 3. The Labute approximate surface area is 147 Å². The van der Waals surface area contributed by atoms with Gasteiger partial charge in [0.1, 0.15) is 21.6 Å². The molecule has 0 bridgehead atoms. The van der Waals surface area contributed by atoms with Gasteiger partial charge in [0.05, 0.1) is 19.6 Å². The van der Waals surface area contributed by atoms with Gasteiger partial charge in [0, 0.05) is 23.7 Å². The Morgan fingerprint density at radius 3 is 2.88 bits per heavy atom. The first-order chi connectivity index (χ1) is 12.2. The summed E-state index contributed by atoms with van der Waals surface area (Å²) in [6, 6.07) is 1.91. The van der Waals surface area contributed by atoms with Crippen molar-refractivity contribution in [3.63, 3.8) is 0 Å². The molecule has 0 aromatic carbocycles. The number of thiophene rings is 1. The van der Waals surface area contributed by atoms with Crippen LogP contribution in [0.3, 0.4) is 0 Å². The summed E-state index contributed by atoms with van der Waals surface area (Å²) in [5, 5.41) is 1.60. The van der Waals surface area contributed by atoms with Crippen LogP contribution in [-0.2, 0) is 4.74 Å². The highest BCUT2D eigenvalue weighted by molar-refractivity contribution is 7.25. The summed E-state index contributed by atoms with van der Waals surface area (Å²) in [7, 11) is 3.19. The average Bonchev–Trinajstić information content (AvgIpc) is 2.86. The second-order valence-corrected chi connectivity index (χ2v) is 6.44. The van der Waals surface area contributed by atoms with Crippen LogP contribution in [0.15, 0.2) is 53.4 Å². The minimum absolute atomic E-state index is 0.0727. The van der Waals surface area contributed by atoms with Gasteiger partial charge < -0.3 is 9.47 Å². The van der Waals surface area contributed by atoms with E-state index in [0.29, 0.717) is 17.0 Å². The Balaban J connectivity index is 1.94. The summed E-state index contributed by atoms with van der Waals surface area (Å²) in [6.45, 7) is 0. The normalized spacial score (nSPS) is 14.3. The SMILES string of the molecule is COC1=CC=C(n2ccc3c(sc4ncnc(OC)c43)c2=O)CC=C1. The molecule has 0 fully saturated rings. The summed E-state index contributed by atoms with van der Waals surface area (Å²) in [5.41, 5.74) is 0.808. The van der Waals surface area contributed by atoms with E-state index in [0.717, 1.165) is 27.1 Å². The van der Waals surface area contributed by atoms with E-state index in [4.69, 9.17) is 9.47 Å². The van der Waals surface area contributed by atoms with E-state index in [1.807, 2.05) is 30.4 Å². The predicted molar refractivity (Wildman–Crippen MR) is 98.9 cm³/mol. The maximum Gasteiger partial charge on any atom is 0.272 e. The third-order valence-electron chi connectivity index (χ3n) is 4.08. The summed E-state index contributed by atoms with van der Waals surface area (Å²) in [6.07, 6.45) is 11.5. The lowest BCUT2D eigenvalue weighted by atomic mass is 10.2. The number of allylic oxidation sites excluding steroid dienone is 5. The summed E-state index contributed by atoms with van der Waals surface area (Å²) >= 11 is 1.36.